The fourth-order valence-electron chi connectivity index (χ4n) is 3.34. The van der Waals surface area contributed by atoms with Gasteiger partial charge < -0.3 is 19.9 Å². The van der Waals surface area contributed by atoms with Crippen LogP contribution in [0.4, 0.5) is 11.4 Å². The van der Waals surface area contributed by atoms with E-state index in [1.165, 1.54) is 6.07 Å². The first-order valence-corrected chi connectivity index (χ1v) is 8.73. The summed E-state index contributed by atoms with van der Waals surface area (Å²) in [5.41, 5.74) is 0.733. The molecule has 2 aliphatic heterocycles. The van der Waals surface area contributed by atoms with E-state index in [2.05, 4.69) is 5.32 Å². The summed E-state index contributed by atoms with van der Waals surface area (Å²) in [6.45, 7) is 4.19. The van der Waals surface area contributed by atoms with Crippen LogP contribution in [0.5, 0.6) is 0 Å². The van der Waals surface area contributed by atoms with E-state index in [0.29, 0.717) is 45.0 Å². The monoisotopic (exact) mass is 348 g/mol. The maximum atomic E-state index is 12.3. The molecule has 0 aliphatic carbocycles. The normalized spacial score (nSPS) is 20.7. The minimum atomic E-state index is -0.359. The molecule has 3 rings (SSSR count). The highest BCUT2D eigenvalue weighted by molar-refractivity contribution is 5.78. The number of hydrogen-bond donors (Lipinski definition) is 1. The molecule has 0 spiro atoms. The van der Waals surface area contributed by atoms with Gasteiger partial charge in [0.1, 0.15) is 5.69 Å². The standard InChI is InChI=1S/C17H24N4O4/c22-17(13-18-12-14-4-3-11-25-14)20-9-7-19(8-10-20)15-5-1-2-6-16(15)21(23)24/h1-2,5-6,14,18H,3-4,7-13H2. The van der Waals surface area contributed by atoms with Gasteiger partial charge in [-0.25, -0.2) is 0 Å². The lowest BCUT2D eigenvalue weighted by Gasteiger charge is -2.35. The third-order valence-electron chi connectivity index (χ3n) is 4.72. The van der Waals surface area contributed by atoms with Crippen molar-refractivity contribution in [3.8, 4) is 0 Å². The van der Waals surface area contributed by atoms with Gasteiger partial charge in [-0.05, 0) is 18.9 Å². The van der Waals surface area contributed by atoms with Gasteiger partial charge in [-0.15, -0.1) is 0 Å². The van der Waals surface area contributed by atoms with Gasteiger partial charge in [-0.3, -0.25) is 14.9 Å². The van der Waals surface area contributed by atoms with Gasteiger partial charge in [0.25, 0.3) is 5.69 Å². The molecule has 0 saturated carbocycles. The van der Waals surface area contributed by atoms with Gasteiger partial charge in [0.15, 0.2) is 0 Å². The molecule has 136 valence electrons. The Labute approximate surface area is 146 Å². The smallest absolute Gasteiger partial charge is 0.292 e. The molecule has 1 amide bonds. The van der Waals surface area contributed by atoms with Crippen LogP contribution in [0.3, 0.4) is 0 Å². The fraction of sp³-hybridized carbons (Fsp3) is 0.588. The first-order valence-electron chi connectivity index (χ1n) is 8.73. The molecule has 2 saturated heterocycles. The van der Waals surface area contributed by atoms with Gasteiger partial charge in [0.05, 0.1) is 17.6 Å². The van der Waals surface area contributed by atoms with Gasteiger partial charge in [0, 0.05) is 45.4 Å². The van der Waals surface area contributed by atoms with Crippen LogP contribution in [-0.4, -0.2) is 67.7 Å². The number of carbonyl (C=O) groups excluding carboxylic acids is 1. The first kappa shape index (κ1) is 17.6. The van der Waals surface area contributed by atoms with Crippen LogP contribution in [0.1, 0.15) is 12.8 Å². The highest BCUT2D eigenvalue weighted by atomic mass is 16.6. The molecule has 0 radical (unpaired) electrons. The van der Waals surface area contributed by atoms with Crippen molar-refractivity contribution in [2.75, 3.05) is 50.8 Å². The number of nitrogens with one attached hydrogen (secondary N) is 1. The van der Waals surface area contributed by atoms with Crippen molar-refractivity contribution in [3.05, 3.63) is 34.4 Å². The zero-order valence-electron chi connectivity index (χ0n) is 14.2. The fourth-order valence-corrected chi connectivity index (χ4v) is 3.34. The van der Waals surface area contributed by atoms with Crippen molar-refractivity contribution in [2.24, 2.45) is 0 Å². The maximum Gasteiger partial charge on any atom is 0.292 e. The van der Waals surface area contributed by atoms with Gasteiger partial charge >= 0.3 is 0 Å². The highest BCUT2D eigenvalue weighted by Gasteiger charge is 2.25. The van der Waals surface area contributed by atoms with E-state index in [0.717, 1.165) is 19.4 Å². The molecule has 2 aliphatic rings. The zero-order valence-corrected chi connectivity index (χ0v) is 14.2. The largest absolute Gasteiger partial charge is 0.377 e. The number of nitrogens with zero attached hydrogens (tertiary/aromatic N) is 3. The number of hydrogen-bond acceptors (Lipinski definition) is 6. The van der Waals surface area contributed by atoms with Crippen LogP contribution < -0.4 is 10.2 Å². The Bertz CT molecular complexity index is 610. The van der Waals surface area contributed by atoms with Crippen molar-refractivity contribution in [3.63, 3.8) is 0 Å². The third kappa shape index (κ3) is 4.46. The summed E-state index contributed by atoms with van der Waals surface area (Å²) in [7, 11) is 0. The second kappa shape index (κ2) is 8.26. The molecule has 2 fully saturated rings. The number of amides is 1. The molecular formula is C17H24N4O4. The minimum absolute atomic E-state index is 0.0696. The van der Waals surface area contributed by atoms with E-state index in [1.807, 2.05) is 9.80 Å². The van der Waals surface area contributed by atoms with E-state index in [1.54, 1.807) is 18.2 Å². The Morgan fingerprint density at radius 1 is 1.28 bits per heavy atom. The molecule has 25 heavy (non-hydrogen) atoms. The number of piperazine rings is 1. The molecule has 1 aromatic carbocycles. The van der Waals surface area contributed by atoms with E-state index < -0.39 is 0 Å². The molecule has 0 bridgehead atoms. The number of carbonyl (C=O) groups is 1. The molecule has 0 aromatic heterocycles. The molecular weight excluding hydrogens is 324 g/mol. The van der Waals surface area contributed by atoms with Crippen molar-refractivity contribution >= 4 is 17.3 Å². The van der Waals surface area contributed by atoms with Gasteiger partial charge in [-0.2, -0.15) is 0 Å². The lowest BCUT2D eigenvalue weighted by atomic mass is 10.2. The SMILES string of the molecule is O=C(CNCC1CCCO1)N1CCN(c2ccccc2[N+](=O)[O-])CC1. The maximum absolute atomic E-state index is 12.3. The Kier molecular flexibility index (Phi) is 5.83. The van der Waals surface area contributed by atoms with Crippen LogP contribution in [0, 0.1) is 10.1 Å². The highest BCUT2D eigenvalue weighted by Crippen LogP contribution is 2.28. The Balaban J connectivity index is 1.46. The summed E-state index contributed by atoms with van der Waals surface area (Å²) in [5.74, 6) is 0.0696. The van der Waals surface area contributed by atoms with E-state index in [-0.39, 0.29) is 22.6 Å². The van der Waals surface area contributed by atoms with Crippen LogP contribution in [0.25, 0.3) is 0 Å². The summed E-state index contributed by atoms with van der Waals surface area (Å²) in [5, 5.41) is 14.3. The third-order valence-corrected chi connectivity index (χ3v) is 4.72. The van der Waals surface area contributed by atoms with Gasteiger partial charge in [0.2, 0.25) is 5.91 Å². The summed E-state index contributed by atoms with van der Waals surface area (Å²) in [6, 6.07) is 6.75. The summed E-state index contributed by atoms with van der Waals surface area (Å²) >= 11 is 0. The van der Waals surface area contributed by atoms with E-state index in [4.69, 9.17) is 4.74 Å². The van der Waals surface area contributed by atoms with E-state index in [9.17, 15) is 14.9 Å². The molecule has 1 aromatic rings. The number of anilines is 1. The second-order valence-corrected chi connectivity index (χ2v) is 6.38. The first-order chi connectivity index (χ1) is 12.1. The Hall–Kier alpha value is -2.19. The number of nitro benzene ring substituents is 1. The average Bonchev–Trinajstić information content (AvgIpc) is 3.15. The quantitative estimate of drug-likeness (QED) is 0.610. The molecule has 8 heteroatoms. The van der Waals surface area contributed by atoms with Crippen LogP contribution in [-0.2, 0) is 9.53 Å². The second-order valence-electron chi connectivity index (χ2n) is 6.38. The number of benzene rings is 1. The number of rotatable bonds is 6. The molecule has 1 unspecified atom stereocenters. The van der Waals surface area contributed by atoms with E-state index >= 15 is 0 Å². The van der Waals surface area contributed by atoms with Crippen molar-refractivity contribution in [1.82, 2.24) is 10.2 Å². The summed E-state index contributed by atoms with van der Waals surface area (Å²) in [4.78, 5) is 26.9. The number of para-hydroxylation sites is 2. The van der Waals surface area contributed by atoms with Crippen LogP contribution in [0.2, 0.25) is 0 Å². The Morgan fingerprint density at radius 3 is 2.72 bits per heavy atom. The molecule has 2 heterocycles. The lowest BCUT2D eigenvalue weighted by Crippen LogP contribution is -2.51. The predicted octanol–water partition coefficient (Wildman–Crippen LogP) is 1.01. The average molecular weight is 348 g/mol. The molecule has 8 nitrogen and oxygen atoms in total. The van der Waals surface area contributed by atoms with Crippen LogP contribution >= 0.6 is 0 Å². The summed E-state index contributed by atoms with van der Waals surface area (Å²) in [6.07, 6.45) is 2.37. The van der Waals surface area contributed by atoms with Crippen molar-refractivity contribution < 1.29 is 14.5 Å². The van der Waals surface area contributed by atoms with Gasteiger partial charge in [-0.1, -0.05) is 12.1 Å². The molecule has 1 N–H and O–H groups in total. The zero-order chi connectivity index (χ0) is 17.6. The predicted molar refractivity (Wildman–Crippen MR) is 93.7 cm³/mol. The lowest BCUT2D eigenvalue weighted by molar-refractivity contribution is -0.384. The topological polar surface area (TPSA) is 88.0 Å². The Morgan fingerprint density at radius 2 is 2.04 bits per heavy atom. The van der Waals surface area contributed by atoms with Crippen molar-refractivity contribution in [1.29, 1.82) is 0 Å². The summed E-state index contributed by atoms with van der Waals surface area (Å²) < 4.78 is 5.52. The minimum Gasteiger partial charge on any atom is -0.377 e. The van der Waals surface area contributed by atoms with Crippen LogP contribution in [0.15, 0.2) is 24.3 Å². The number of nitro groups is 1. The van der Waals surface area contributed by atoms with Crippen molar-refractivity contribution in [2.45, 2.75) is 18.9 Å². The number of ether oxygens (including phenoxy) is 1. The molecule has 1 atom stereocenters.